The van der Waals surface area contributed by atoms with Crippen LogP contribution >= 0.6 is 11.3 Å². The Balaban J connectivity index is 1.37. The first kappa shape index (κ1) is 18.4. The van der Waals surface area contributed by atoms with Gasteiger partial charge in [-0.15, -0.1) is 21.5 Å². The molecule has 3 aromatic rings. The Labute approximate surface area is 169 Å². The fraction of sp³-hybridized carbons (Fsp3) is 0.286. The predicted octanol–water partition coefficient (Wildman–Crippen LogP) is 3.23. The van der Waals surface area contributed by atoms with Crippen LogP contribution in [0.5, 0.6) is 0 Å². The van der Waals surface area contributed by atoms with Crippen molar-refractivity contribution in [1.29, 1.82) is 0 Å². The summed E-state index contributed by atoms with van der Waals surface area (Å²) < 4.78 is 0. The van der Waals surface area contributed by atoms with Crippen LogP contribution < -0.4 is 9.80 Å². The maximum Gasteiger partial charge on any atom is 0.253 e. The molecule has 144 valence electrons. The number of amides is 1. The van der Waals surface area contributed by atoms with Crippen LogP contribution in [0.25, 0.3) is 10.4 Å². The lowest BCUT2D eigenvalue weighted by molar-refractivity contribution is 0.0746. The first-order chi connectivity index (χ1) is 13.6. The molecule has 0 N–H and O–H groups in total. The number of aromatic nitrogens is 2. The van der Waals surface area contributed by atoms with Gasteiger partial charge in [-0.2, -0.15) is 0 Å². The molecule has 1 amide bonds. The van der Waals surface area contributed by atoms with E-state index in [1.807, 2.05) is 66.4 Å². The smallest absolute Gasteiger partial charge is 0.253 e. The number of carbonyl (C=O) groups excluding carboxylic acids is 1. The van der Waals surface area contributed by atoms with Crippen molar-refractivity contribution in [3.63, 3.8) is 0 Å². The number of anilines is 2. The molecule has 2 aromatic heterocycles. The summed E-state index contributed by atoms with van der Waals surface area (Å²) in [5, 5.41) is 10.6. The molecule has 0 saturated carbocycles. The second-order valence-electron chi connectivity index (χ2n) is 6.98. The Morgan fingerprint density at radius 2 is 1.71 bits per heavy atom. The third-order valence-electron chi connectivity index (χ3n) is 4.92. The molecule has 0 radical (unpaired) electrons. The molecule has 6 nitrogen and oxygen atoms in total. The van der Waals surface area contributed by atoms with Crippen LogP contribution in [-0.2, 0) is 0 Å². The van der Waals surface area contributed by atoms with Crippen molar-refractivity contribution >= 4 is 28.9 Å². The third-order valence-corrected chi connectivity index (χ3v) is 5.84. The Kier molecular flexibility index (Phi) is 5.25. The number of hydrogen-bond acceptors (Lipinski definition) is 6. The second kappa shape index (κ2) is 7.98. The van der Waals surface area contributed by atoms with E-state index in [0.717, 1.165) is 35.9 Å². The van der Waals surface area contributed by atoms with Gasteiger partial charge in [-0.1, -0.05) is 18.2 Å². The number of rotatable bonds is 4. The van der Waals surface area contributed by atoms with Crippen LogP contribution in [0.4, 0.5) is 11.6 Å². The van der Waals surface area contributed by atoms with Gasteiger partial charge in [0.1, 0.15) is 0 Å². The van der Waals surface area contributed by atoms with Crippen LogP contribution in [0, 0.1) is 0 Å². The predicted molar refractivity (Wildman–Crippen MR) is 114 cm³/mol. The molecule has 0 atom stereocenters. The number of carbonyl (C=O) groups is 1. The van der Waals surface area contributed by atoms with Crippen LogP contribution in [-0.4, -0.2) is 61.3 Å². The molecule has 1 aromatic carbocycles. The van der Waals surface area contributed by atoms with Gasteiger partial charge < -0.3 is 14.7 Å². The van der Waals surface area contributed by atoms with E-state index in [2.05, 4.69) is 26.5 Å². The van der Waals surface area contributed by atoms with Crippen molar-refractivity contribution in [2.75, 3.05) is 50.1 Å². The van der Waals surface area contributed by atoms with Crippen LogP contribution in [0.2, 0.25) is 0 Å². The third kappa shape index (κ3) is 3.84. The Morgan fingerprint density at radius 3 is 2.29 bits per heavy atom. The maximum absolute atomic E-state index is 12.8. The van der Waals surface area contributed by atoms with E-state index in [1.54, 1.807) is 11.3 Å². The van der Waals surface area contributed by atoms with Gasteiger partial charge in [0.25, 0.3) is 5.91 Å². The summed E-state index contributed by atoms with van der Waals surface area (Å²) in [7, 11) is 3.89. The van der Waals surface area contributed by atoms with Gasteiger partial charge in [-0.3, -0.25) is 4.79 Å². The number of benzene rings is 1. The highest BCUT2D eigenvalue weighted by Gasteiger charge is 2.23. The SMILES string of the molecule is CN(C)c1ccc(N2CCN(C(=O)c3ccc(-c4cccs4)cc3)CC2)nn1. The number of piperazine rings is 1. The molecule has 1 aliphatic heterocycles. The second-order valence-corrected chi connectivity index (χ2v) is 7.93. The molecule has 1 fully saturated rings. The first-order valence-electron chi connectivity index (χ1n) is 9.31. The lowest BCUT2D eigenvalue weighted by Gasteiger charge is -2.35. The van der Waals surface area contributed by atoms with E-state index < -0.39 is 0 Å². The molecule has 0 bridgehead atoms. The summed E-state index contributed by atoms with van der Waals surface area (Å²) >= 11 is 1.70. The minimum Gasteiger partial charge on any atom is -0.361 e. The number of hydrogen-bond donors (Lipinski definition) is 0. The average Bonchev–Trinajstić information content (AvgIpc) is 3.28. The average molecular weight is 394 g/mol. The van der Waals surface area contributed by atoms with E-state index in [-0.39, 0.29) is 5.91 Å². The lowest BCUT2D eigenvalue weighted by Crippen LogP contribution is -2.49. The van der Waals surface area contributed by atoms with Gasteiger partial charge in [-0.25, -0.2) is 0 Å². The maximum atomic E-state index is 12.8. The minimum absolute atomic E-state index is 0.0893. The summed E-state index contributed by atoms with van der Waals surface area (Å²) in [5.74, 6) is 1.79. The molecule has 1 aliphatic rings. The standard InChI is InChI=1S/C21H23N5OS/c1-24(2)19-9-10-20(23-22-19)25-11-13-26(14-12-25)21(27)17-7-5-16(6-8-17)18-4-3-15-28-18/h3-10,15H,11-14H2,1-2H3. The lowest BCUT2D eigenvalue weighted by atomic mass is 10.1. The van der Waals surface area contributed by atoms with E-state index >= 15 is 0 Å². The van der Waals surface area contributed by atoms with Crippen LogP contribution in [0.3, 0.4) is 0 Å². The van der Waals surface area contributed by atoms with Crippen LogP contribution in [0.1, 0.15) is 10.4 Å². The van der Waals surface area contributed by atoms with Crippen molar-refractivity contribution in [2.45, 2.75) is 0 Å². The molecule has 28 heavy (non-hydrogen) atoms. The molecular formula is C21H23N5OS. The zero-order valence-electron chi connectivity index (χ0n) is 16.1. The number of nitrogens with zero attached hydrogens (tertiary/aromatic N) is 5. The van der Waals surface area contributed by atoms with Gasteiger partial charge in [0.15, 0.2) is 11.6 Å². The summed E-state index contributed by atoms with van der Waals surface area (Å²) in [6, 6.07) is 16.0. The van der Waals surface area contributed by atoms with E-state index in [1.165, 1.54) is 4.88 Å². The van der Waals surface area contributed by atoms with Crippen LogP contribution in [0.15, 0.2) is 53.9 Å². The monoisotopic (exact) mass is 393 g/mol. The molecule has 7 heteroatoms. The quantitative estimate of drug-likeness (QED) is 0.681. The van der Waals surface area contributed by atoms with Gasteiger partial charge in [-0.05, 0) is 41.3 Å². The van der Waals surface area contributed by atoms with Gasteiger partial charge >= 0.3 is 0 Å². The Morgan fingerprint density at radius 1 is 0.964 bits per heavy atom. The van der Waals surface area contributed by atoms with Gasteiger partial charge in [0, 0.05) is 50.7 Å². The van der Waals surface area contributed by atoms with Crippen molar-refractivity contribution < 1.29 is 4.79 Å². The minimum atomic E-state index is 0.0893. The highest BCUT2D eigenvalue weighted by atomic mass is 32.1. The first-order valence-corrected chi connectivity index (χ1v) is 10.2. The molecule has 0 unspecified atom stereocenters. The zero-order valence-corrected chi connectivity index (χ0v) is 16.9. The normalized spacial score (nSPS) is 14.2. The van der Waals surface area contributed by atoms with E-state index in [0.29, 0.717) is 13.1 Å². The molecule has 1 saturated heterocycles. The van der Waals surface area contributed by atoms with Crippen molar-refractivity contribution in [1.82, 2.24) is 15.1 Å². The summed E-state index contributed by atoms with van der Waals surface area (Å²) in [6.45, 7) is 2.88. The number of thiophene rings is 1. The van der Waals surface area contributed by atoms with Crippen molar-refractivity contribution in [2.24, 2.45) is 0 Å². The highest BCUT2D eigenvalue weighted by Crippen LogP contribution is 2.25. The van der Waals surface area contributed by atoms with E-state index in [4.69, 9.17) is 0 Å². The largest absolute Gasteiger partial charge is 0.361 e. The molecular weight excluding hydrogens is 370 g/mol. The molecule has 4 rings (SSSR count). The molecule has 0 spiro atoms. The highest BCUT2D eigenvalue weighted by molar-refractivity contribution is 7.13. The molecule has 3 heterocycles. The zero-order chi connectivity index (χ0) is 19.5. The summed E-state index contributed by atoms with van der Waals surface area (Å²) in [6.07, 6.45) is 0. The Hall–Kier alpha value is -2.93. The van der Waals surface area contributed by atoms with Gasteiger partial charge in [0.05, 0.1) is 0 Å². The fourth-order valence-corrected chi connectivity index (χ4v) is 4.00. The summed E-state index contributed by atoms with van der Waals surface area (Å²) in [5.41, 5.74) is 1.89. The Bertz CT molecular complexity index is 914. The topological polar surface area (TPSA) is 52.6 Å². The fourth-order valence-electron chi connectivity index (χ4n) is 3.27. The van der Waals surface area contributed by atoms with E-state index in [9.17, 15) is 4.79 Å². The van der Waals surface area contributed by atoms with Crippen molar-refractivity contribution in [3.8, 4) is 10.4 Å². The molecule has 0 aliphatic carbocycles. The van der Waals surface area contributed by atoms with Crippen molar-refractivity contribution in [3.05, 3.63) is 59.5 Å². The summed E-state index contributed by atoms with van der Waals surface area (Å²) in [4.78, 5) is 20.1. The van der Waals surface area contributed by atoms with Gasteiger partial charge in [0.2, 0.25) is 0 Å².